The number of carbonyl (C=O) groups excluding carboxylic acids is 1. The smallest absolute Gasteiger partial charge is 0.347 e. The highest BCUT2D eigenvalue weighted by molar-refractivity contribution is 7.91. The molecule has 1 amide bonds. The maximum absolute atomic E-state index is 12.6. The first kappa shape index (κ1) is 16.1. The lowest BCUT2D eigenvalue weighted by Gasteiger charge is -2.15. The zero-order chi connectivity index (χ0) is 15.8. The summed E-state index contributed by atoms with van der Waals surface area (Å²) in [5.41, 5.74) is -1.14. The van der Waals surface area contributed by atoms with Crippen LogP contribution >= 0.6 is 11.6 Å². The van der Waals surface area contributed by atoms with Gasteiger partial charge in [-0.25, -0.2) is 8.42 Å². The molecule has 1 aromatic rings. The molecular formula is C12H11ClF3NO3S. The van der Waals surface area contributed by atoms with Crippen molar-refractivity contribution < 1.29 is 26.4 Å². The minimum Gasteiger partial charge on any atom is -0.347 e. The van der Waals surface area contributed by atoms with E-state index >= 15 is 0 Å². The van der Waals surface area contributed by atoms with Gasteiger partial charge in [-0.3, -0.25) is 4.79 Å². The monoisotopic (exact) mass is 341 g/mol. The predicted octanol–water partition coefficient (Wildman–Crippen LogP) is 1.84. The molecule has 1 saturated heterocycles. The third-order valence-electron chi connectivity index (χ3n) is 3.05. The Kier molecular flexibility index (Phi) is 4.21. The van der Waals surface area contributed by atoms with Gasteiger partial charge in [0.15, 0.2) is 9.84 Å². The van der Waals surface area contributed by atoms with Gasteiger partial charge in [0.2, 0.25) is 0 Å². The predicted molar refractivity (Wildman–Crippen MR) is 71.0 cm³/mol. The van der Waals surface area contributed by atoms with Gasteiger partial charge in [0.25, 0.3) is 5.91 Å². The highest BCUT2D eigenvalue weighted by atomic mass is 35.5. The summed E-state index contributed by atoms with van der Waals surface area (Å²) in [6.07, 6.45) is -4.55. The van der Waals surface area contributed by atoms with Crippen LogP contribution in [0.15, 0.2) is 24.3 Å². The Labute approximate surface area is 124 Å². The van der Waals surface area contributed by atoms with Crippen molar-refractivity contribution in [1.29, 1.82) is 0 Å². The van der Waals surface area contributed by atoms with Gasteiger partial charge in [0.1, 0.15) is 0 Å². The van der Waals surface area contributed by atoms with Crippen molar-refractivity contribution in [3.8, 4) is 0 Å². The van der Waals surface area contributed by atoms with Crippen molar-refractivity contribution >= 4 is 27.3 Å². The van der Waals surface area contributed by atoms with Gasteiger partial charge in [-0.15, -0.1) is 11.6 Å². The molecule has 0 spiro atoms. The minimum absolute atomic E-state index is 0.196. The number of nitrogens with one attached hydrogen (secondary N) is 1. The van der Waals surface area contributed by atoms with E-state index in [0.717, 1.165) is 12.1 Å². The number of amides is 1. The first-order valence-corrected chi connectivity index (χ1v) is 8.17. The quantitative estimate of drug-likeness (QED) is 0.835. The van der Waals surface area contributed by atoms with Crippen LogP contribution in [0.4, 0.5) is 13.2 Å². The molecule has 1 aliphatic rings. The fourth-order valence-corrected chi connectivity index (χ4v) is 4.58. The Morgan fingerprint density at radius 2 is 1.95 bits per heavy atom. The molecule has 0 aliphatic carbocycles. The van der Waals surface area contributed by atoms with Gasteiger partial charge in [0, 0.05) is 5.56 Å². The highest BCUT2D eigenvalue weighted by Gasteiger charge is 2.37. The number of sulfone groups is 1. The molecule has 1 N–H and O–H groups in total. The van der Waals surface area contributed by atoms with E-state index in [1.807, 2.05) is 0 Å². The van der Waals surface area contributed by atoms with Crippen molar-refractivity contribution in [1.82, 2.24) is 5.32 Å². The molecule has 116 valence electrons. The van der Waals surface area contributed by atoms with Gasteiger partial charge in [-0.2, -0.15) is 13.2 Å². The molecule has 2 rings (SSSR count). The van der Waals surface area contributed by atoms with Crippen LogP contribution in [0, 0.1) is 0 Å². The second-order valence-electron chi connectivity index (χ2n) is 4.75. The van der Waals surface area contributed by atoms with Crippen LogP contribution < -0.4 is 5.32 Å². The molecule has 0 bridgehead atoms. The third kappa shape index (κ3) is 3.88. The molecule has 1 heterocycles. The summed E-state index contributed by atoms with van der Waals surface area (Å²) in [5.74, 6) is -1.36. The summed E-state index contributed by atoms with van der Waals surface area (Å²) >= 11 is 5.82. The largest absolute Gasteiger partial charge is 0.416 e. The summed E-state index contributed by atoms with van der Waals surface area (Å²) in [4.78, 5) is 11.9. The number of hydrogen-bond donors (Lipinski definition) is 1. The molecule has 0 saturated carbocycles. The summed E-state index contributed by atoms with van der Waals surface area (Å²) in [5, 5.41) is 1.57. The van der Waals surface area contributed by atoms with E-state index in [0.29, 0.717) is 6.07 Å². The Bertz CT molecular complexity index is 660. The molecule has 1 fully saturated rings. The zero-order valence-electron chi connectivity index (χ0n) is 10.5. The summed E-state index contributed by atoms with van der Waals surface area (Å²) in [6.45, 7) is 0. The number of hydrogen-bond acceptors (Lipinski definition) is 3. The Morgan fingerprint density at radius 1 is 1.29 bits per heavy atom. The fourth-order valence-electron chi connectivity index (χ4n) is 2.03. The Hall–Kier alpha value is -1.28. The topological polar surface area (TPSA) is 63.2 Å². The maximum atomic E-state index is 12.6. The van der Waals surface area contributed by atoms with Crippen molar-refractivity contribution in [3.63, 3.8) is 0 Å². The third-order valence-corrected chi connectivity index (χ3v) is 5.43. The summed E-state index contributed by atoms with van der Waals surface area (Å²) < 4.78 is 60.4. The average molecular weight is 342 g/mol. The van der Waals surface area contributed by atoms with Crippen molar-refractivity contribution in [2.45, 2.75) is 17.6 Å². The lowest BCUT2D eigenvalue weighted by atomic mass is 10.1. The molecule has 9 heteroatoms. The molecule has 4 nitrogen and oxygen atoms in total. The lowest BCUT2D eigenvalue weighted by Crippen LogP contribution is -2.40. The van der Waals surface area contributed by atoms with E-state index < -0.39 is 38.9 Å². The number of alkyl halides is 4. The second-order valence-corrected chi connectivity index (χ2v) is 7.47. The number of rotatable bonds is 2. The number of halogens is 4. The van der Waals surface area contributed by atoms with E-state index in [9.17, 15) is 26.4 Å². The van der Waals surface area contributed by atoms with Crippen LogP contribution in [0.2, 0.25) is 0 Å². The molecule has 21 heavy (non-hydrogen) atoms. The maximum Gasteiger partial charge on any atom is 0.416 e. The van der Waals surface area contributed by atoms with Gasteiger partial charge in [0.05, 0.1) is 28.5 Å². The van der Waals surface area contributed by atoms with E-state index in [1.165, 1.54) is 6.07 Å². The second kappa shape index (κ2) is 5.49. The summed E-state index contributed by atoms with van der Waals surface area (Å²) in [7, 11) is -3.33. The van der Waals surface area contributed by atoms with Crippen LogP contribution in [-0.4, -0.2) is 37.2 Å². The molecule has 0 radical (unpaired) electrons. The average Bonchev–Trinajstić information content (AvgIpc) is 2.61. The van der Waals surface area contributed by atoms with E-state index in [-0.39, 0.29) is 17.1 Å². The zero-order valence-corrected chi connectivity index (χ0v) is 12.1. The SMILES string of the molecule is O=C(N[C@@H]1CS(=O)(=O)C[C@H]1Cl)c1cccc(C(F)(F)F)c1. The standard InChI is InChI=1S/C12H11ClF3NO3S/c13-9-5-21(19,20)6-10(9)17-11(18)7-2-1-3-8(4-7)12(14,15)16/h1-4,9-10H,5-6H2,(H,17,18)/t9-,10-/m1/s1. The van der Waals surface area contributed by atoms with Crippen molar-refractivity contribution in [3.05, 3.63) is 35.4 Å². The highest BCUT2D eigenvalue weighted by Crippen LogP contribution is 2.29. The van der Waals surface area contributed by atoms with Gasteiger partial charge in [-0.05, 0) is 18.2 Å². The van der Waals surface area contributed by atoms with Crippen LogP contribution in [-0.2, 0) is 16.0 Å². The van der Waals surface area contributed by atoms with Crippen molar-refractivity contribution in [2.75, 3.05) is 11.5 Å². The Balaban J connectivity index is 2.15. The molecule has 1 aromatic carbocycles. The van der Waals surface area contributed by atoms with Crippen molar-refractivity contribution in [2.24, 2.45) is 0 Å². The van der Waals surface area contributed by atoms with Crippen LogP contribution in [0.1, 0.15) is 15.9 Å². The first-order valence-electron chi connectivity index (χ1n) is 5.91. The molecule has 1 aliphatic heterocycles. The lowest BCUT2D eigenvalue weighted by molar-refractivity contribution is -0.137. The summed E-state index contributed by atoms with van der Waals surface area (Å²) in [6, 6.07) is 3.08. The van der Waals surface area contributed by atoms with Gasteiger partial charge in [-0.1, -0.05) is 6.07 Å². The van der Waals surface area contributed by atoms with Gasteiger partial charge < -0.3 is 5.32 Å². The number of carbonyl (C=O) groups is 1. The molecule has 0 unspecified atom stereocenters. The molecular weight excluding hydrogens is 331 g/mol. The normalized spacial score (nSPS) is 24.8. The van der Waals surface area contributed by atoms with Crippen LogP contribution in [0.5, 0.6) is 0 Å². The Morgan fingerprint density at radius 3 is 2.48 bits per heavy atom. The van der Waals surface area contributed by atoms with Gasteiger partial charge >= 0.3 is 6.18 Å². The minimum atomic E-state index is -4.55. The van der Waals surface area contributed by atoms with E-state index in [1.54, 1.807) is 0 Å². The van der Waals surface area contributed by atoms with Crippen LogP contribution in [0.25, 0.3) is 0 Å². The first-order chi connectivity index (χ1) is 9.58. The van der Waals surface area contributed by atoms with Crippen LogP contribution in [0.3, 0.4) is 0 Å². The van der Waals surface area contributed by atoms with E-state index in [2.05, 4.69) is 5.32 Å². The fraction of sp³-hybridized carbons (Fsp3) is 0.417. The molecule has 0 aromatic heterocycles. The molecule has 2 atom stereocenters. The van der Waals surface area contributed by atoms with E-state index in [4.69, 9.17) is 11.6 Å². The number of benzene rings is 1.